The second kappa shape index (κ2) is 4.96. The fourth-order valence-corrected chi connectivity index (χ4v) is 2.69. The third-order valence-corrected chi connectivity index (χ3v) is 3.67. The molecule has 1 heterocycles. The smallest absolute Gasteiger partial charge is 0.256 e. The van der Waals surface area contributed by atoms with E-state index in [9.17, 15) is 9.18 Å². The lowest BCUT2D eigenvalue weighted by Gasteiger charge is -2.39. The predicted octanol–water partition coefficient (Wildman–Crippen LogP) is 2.81. The van der Waals surface area contributed by atoms with Gasteiger partial charge in [0.15, 0.2) is 0 Å². The van der Waals surface area contributed by atoms with Gasteiger partial charge in [0, 0.05) is 17.8 Å². The molecule has 1 amide bonds. The molecule has 2 unspecified atom stereocenters. The second-order valence-electron chi connectivity index (χ2n) is 5.07. The number of nitrogens with zero attached hydrogens (tertiary/aromatic N) is 1. The minimum atomic E-state index is -0.413. The summed E-state index contributed by atoms with van der Waals surface area (Å²) >= 11 is 0. The third kappa shape index (κ3) is 2.33. The van der Waals surface area contributed by atoms with E-state index in [4.69, 9.17) is 5.73 Å². The molecule has 1 fully saturated rings. The van der Waals surface area contributed by atoms with E-state index in [2.05, 4.69) is 0 Å². The van der Waals surface area contributed by atoms with Crippen LogP contribution in [0.1, 0.15) is 43.5 Å². The van der Waals surface area contributed by atoms with Crippen molar-refractivity contribution in [3.05, 3.63) is 29.6 Å². The number of amides is 1. The summed E-state index contributed by atoms with van der Waals surface area (Å²) in [5.74, 6) is -0.504. The molecule has 1 aromatic carbocycles. The number of likely N-dealkylation sites (tertiary alicyclic amines) is 1. The molecule has 0 spiro atoms. The van der Waals surface area contributed by atoms with Crippen molar-refractivity contribution in [2.75, 3.05) is 5.73 Å². The lowest BCUT2D eigenvalue weighted by atomic mass is 9.96. The van der Waals surface area contributed by atoms with Crippen LogP contribution < -0.4 is 5.73 Å². The molecule has 0 bridgehead atoms. The van der Waals surface area contributed by atoms with E-state index in [0.29, 0.717) is 5.56 Å². The van der Waals surface area contributed by atoms with Crippen molar-refractivity contribution >= 4 is 11.6 Å². The topological polar surface area (TPSA) is 46.3 Å². The van der Waals surface area contributed by atoms with Gasteiger partial charge in [-0.05, 0) is 51.3 Å². The SMILES string of the molecule is CC1CCCC(C)N1C(=O)c1ccc(F)cc1N. The minimum Gasteiger partial charge on any atom is -0.398 e. The number of hydrogen-bond acceptors (Lipinski definition) is 2. The third-order valence-electron chi connectivity index (χ3n) is 3.67. The summed E-state index contributed by atoms with van der Waals surface area (Å²) in [5.41, 5.74) is 6.35. The van der Waals surface area contributed by atoms with E-state index < -0.39 is 5.82 Å². The summed E-state index contributed by atoms with van der Waals surface area (Å²) in [6.45, 7) is 4.10. The highest BCUT2D eigenvalue weighted by molar-refractivity contribution is 5.99. The normalized spacial score (nSPS) is 24.1. The summed E-state index contributed by atoms with van der Waals surface area (Å²) < 4.78 is 13.0. The van der Waals surface area contributed by atoms with Gasteiger partial charge in [-0.1, -0.05) is 0 Å². The zero-order valence-electron chi connectivity index (χ0n) is 10.8. The highest BCUT2D eigenvalue weighted by Gasteiger charge is 2.30. The maximum absolute atomic E-state index is 13.0. The van der Waals surface area contributed by atoms with Gasteiger partial charge < -0.3 is 10.6 Å². The fourth-order valence-electron chi connectivity index (χ4n) is 2.69. The largest absolute Gasteiger partial charge is 0.398 e. The maximum atomic E-state index is 13.0. The lowest BCUT2D eigenvalue weighted by molar-refractivity contribution is 0.0512. The average molecular weight is 250 g/mol. The number of carbonyl (C=O) groups excluding carboxylic acids is 1. The van der Waals surface area contributed by atoms with Crippen LogP contribution in [-0.2, 0) is 0 Å². The number of rotatable bonds is 1. The summed E-state index contributed by atoms with van der Waals surface area (Å²) in [5, 5.41) is 0. The molecule has 1 aliphatic rings. The molecule has 2 rings (SSSR count). The van der Waals surface area contributed by atoms with Gasteiger partial charge >= 0.3 is 0 Å². The minimum absolute atomic E-state index is 0.0906. The van der Waals surface area contributed by atoms with Crippen molar-refractivity contribution in [3.8, 4) is 0 Å². The summed E-state index contributed by atoms with van der Waals surface area (Å²) in [4.78, 5) is 14.3. The molecule has 2 N–H and O–H groups in total. The van der Waals surface area contributed by atoms with Crippen LogP contribution in [0.15, 0.2) is 18.2 Å². The highest BCUT2D eigenvalue weighted by atomic mass is 19.1. The van der Waals surface area contributed by atoms with E-state index in [1.807, 2.05) is 18.7 Å². The monoisotopic (exact) mass is 250 g/mol. The van der Waals surface area contributed by atoms with Crippen molar-refractivity contribution in [2.45, 2.75) is 45.2 Å². The maximum Gasteiger partial charge on any atom is 0.256 e. The van der Waals surface area contributed by atoms with Crippen LogP contribution in [-0.4, -0.2) is 22.9 Å². The number of benzene rings is 1. The van der Waals surface area contributed by atoms with Crippen molar-refractivity contribution in [3.63, 3.8) is 0 Å². The Morgan fingerprint density at radius 1 is 1.33 bits per heavy atom. The molecule has 0 saturated carbocycles. The number of anilines is 1. The Kier molecular flexibility index (Phi) is 3.55. The van der Waals surface area contributed by atoms with Crippen LogP contribution in [0.5, 0.6) is 0 Å². The van der Waals surface area contributed by atoms with Gasteiger partial charge in [-0.3, -0.25) is 4.79 Å². The highest BCUT2D eigenvalue weighted by Crippen LogP contribution is 2.26. The number of piperidine rings is 1. The first-order valence-corrected chi connectivity index (χ1v) is 6.38. The molecular weight excluding hydrogens is 231 g/mol. The molecule has 4 heteroatoms. The van der Waals surface area contributed by atoms with Gasteiger partial charge in [-0.25, -0.2) is 4.39 Å². The number of nitrogens with two attached hydrogens (primary N) is 1. The van der Waals surface area contributed by atoms with Crippen molar-refractivity contribution in [1.82, 2.24) is 4.90 Å². The van der Waals surface area contributed by atoms with Gasteiger partial charge in [-0.15, -0.1) is 0 Å². The molecule has 1 aromatic rings. The Bertz CT molecular complexity index is 451. The Hall–Kier alpha value is -1.58. The van der Waals surface area contributed by atoms with Gasteiger partial charge in [0.2, 0.25) is 0 Å². The van der Waals surface area contributed by atoms with E-state index in [1.54, 1.807) is 0 Å². The van der Waals surface area contributed by atoms with Crippen LogP contribution in [0.2, 0.25) is 0 Å². The molecule has 18 heavy (non-hydrogen) atoms. The molecule has 3 nitrogen and oxygen atoms in total. The Balaban J connectivity index is 2.29. The van der Waals surface area contributed by atoms with E-state index in [-0.39, 0.29) is 23.7 Å². The fraction of sp³-hybridized carbons (Fsp3) is 0.500. The molecule has 98 valence electrons. The Morgan fingerprint density at radius 3 is 2.50 bits per heavy atom. The Labute approximate surface area is 107 Å². The number of hydrogen-bond donors (Lipinski definition) is 1. The zero-order valence-corrected chi connectivity index (χ0v) is 10.8. The first-order valence-electron chi connectivity index (χ1n) is 6.38. The molecule has 2 atom stereocenters. The van der Waals surface area contributed by atoms with E-state index >= 15 is 0 Å². The first-order chi connectivity index (χ1) is 8.50. The summed E-state index contributed by atoms with van der Waals surface area (Å²) in [6, 6.07) is 4.38. The van der Waals surface area contributed by atoms with Gasteiger partial charge in [0.1, 0.15) is 5.82 Å². The average Bonchev–Trinajstić information content (AvgIpc) is 2.28. The summed E-state index contributed by atoms with van der Waals surface area (Å²) in [6.07, 6.45) is 3.17. The van der Waals surface area contributed by atoms with Gasteiger partial charge in [0.25, 0.3) is 5.91 Å². The Morgan fingerprint density at radius 2 is 1.94 bits per heavy atom. The predicted molar refractivity (Wildman–Crippen MR) is 69.8 cm³/mol. The standard InChI is InChI=1S/C14H19FN2O/c1-9-4-3-5-10(2)17(9)14(18)12-7-6-11(15)8-13(12)16/h6-10H,3-5,16H2,1-2H3. The van der Waals surface area contributed by atoms with Crippen LogP contribution in [0.3, 0.4) is 0 Å². The van der Waals surface area contributed by atoms with Crippen LogP contribution in [0, 0.1) is 5.82 Å². The first kappa shape index (κ1) is 12.9. The lowest BCUT2D eigenvalue weighted by Crippen LogP contribution is -2.47. The van der Waals surface area contributed by atoms with Crippen LogP contribution in [0.4, 0.5) is 10.1 Å². The molecule has 0 aliphatic carbocycles. The second-order valence-corrected chi connectivity index (χ2v) is 5.07. The van der Waals surface area contributed by atoms with Crippen molar-refractivity contribution < 1.29 is 9.18 Å². The van der Waals surface area contributed by atoms with E-state index in [1.165, 1.54) is 18.2 Å². The van der Waals surface area contributed by atoms with Gasteiger partial charge in [0.05, 0.1) is 5.56 Å². The van der Waals surface area contributed by atoms with Crippen molar-refractivity contribution in [1.29, 1.82) is 0 Å². The molecule has 1 aliphatic heterocycles. The van der Waals surface area contributed by atoms with Crippen LogP contribution in [0.25, 0.3) is 0 Å². The van der Waals surface area contributed by atoms with Crippen LogP contribution >= 0.6 is 0 Å². The number of halogens is 1. The quantitative estimate of drug-likeness (QED) is 0.779. The number of carbonyl (C=O) groups is 1. The van der Waals surface area contributed by atoms with Gasteiger partial charge in [-0.2, -0.15) is 0 Å². The molecule has 1 saturated heterocycles. The molecule has 0 aromatic heterocycles. The molecular formula is C14H19FN2O. The molecule has 0 radical (unpaired) electrons. The summed E-state index contributed by atoms with van der Waals surface area (Å²) in [7, 11) is 0. The zero-order chi connectivity index (χ0) is 13.3. The number of nitrogen functional groups attached to an aromatic ring is 1. The van der Waals surface area contributed by atoms with Crippen molar-refractivity contribution in [2.24, 2.45) is 0 Å². The van der Waals surface area contributed by atoms with E-state index in [0.717, 1.165) is 19.3 Å².